The standard InChI is InChI=1S/C10H17IO/c1-10(2,3)7-4-5-9(12)8(11)6-7/h7-8H,4-6H2,1-3H3/t7-,8+/m0/s1. The van der Waals surface area contributed by atoms with Crippen LogP contribution in [-0.4, -0.2) is 9.71 Å². The van der Waals surface area contributed by atoms with Crippen molar-refractivity contribution in [2.24, 2.45) is 11.3 Å². The fourth-order valence-corrected chi connectivity index (χ4v) is 2.68. The molecular weight excluding hydrogens is 263 g/mol. The van der Waals surface area contributed by atoms with Gasteiger partial charge in [-0.25, -0.2) is 0 Å². The first-order chi connectivity index (χ1) is 5.41. The highest BCUT2D eigenvalue weighted by atomic mass is 127. The quantitative estimate of drug-likeness (QED) is 0.492. The second-order valence-corrected chi connectivity index (χ2v) is 6.27. The zero-order valence-corrected chi connectivity index (χ0v) is 10.2. The van der Waals surface area contributed by atoms with Gasteiger partial charge >= 0.3 is 0 Å². The molecule has 2 heteroatoms. The Bertz CT molecular complexity index is 181. The number of Topliss-reactive ketones (excluding diaryl/α,β-unsaturated/α-hetero) is 1. The minimum absolute atomic E-state index is 0.278. The highest BCUT2D eigenvalue weighted by Gasteiger charge is 2.33. The molecule has 0 amide bonds. The smallest absolute Gasteiger partial charge is 0.145 e. The maximum atomic E-state index is 11.3. The summed E-state index contributed by atoms with van der Waals surface area (Å²) in [5.41, 5.74) is 0.379. The summed E-state index contributed by atoms with van der Waals surface area (Å²) in [6, 6.07) is 0. The summed E-state index contributed by atoms with van der Waals surface area (Å²) in [5.74, 6) is 1.19. The molecule has 70 valence electrons. The topological polar surface area (TPSA) is 17.1 Å². The minimum atomic E-state index is 0.278. The number of hydrogen-bond acceptors (Lipinski definition) is 1. The third kappa shape index (κ3) is 2.44. The average Bonchev–Trinajstić information content (AvgIpc) is 1.92. The van der Waals surface area contributed by atoms with E-state index in [1.807, 2.05) is 0 Å². The highest BCUT2D eigenvalue weighted by molar-refractivity contribution is 14.1. The molecule has 0 unspecified atom stereocenters. The summed E-state index contributed by atoms with van der Waals surface area (Å²) in [5, 5.41) is 0. The average molecular weight is 280 g/mol. The van der Waals surface area contributed by atoms with E-state index < -0.39 is 0 Å². The van der Waals surface area contributed by atoms with Crippen LogP contribution in [0.4, 0.5) is 0 Å². The lowest BCUT2D eigenvalue weighted by molar-refractivity contribution is -0.120. The predicted molar refractivity (Wildman–Crippen MR) is 59.6 cm³/mol. The van der Waals surface area contributed by atoms with E-state index in [2.05, 4.69) is 43.4 Å². The van der Waals surface area contributed by atoms with Gasteiger partial charge in [0, 0.05) is 6.42 Å². The molecule has 0 N–H and O–H groups in total. The number of rotatable bonds is 0. The molecule has 1 rings (SSSR count). The van der Waals surface area contributed by atoms with E-state index in [4.69, 9.17) is 0 Å². The second-order valence-electron chi connectivity index (χ2n) is 4.77. The van der Waals surface area contributed by atoms with Crippen molar-refractivity contribution in [3.63, 3.8) is 0 Å². The lowest BCUT2D eigenvalue weighted by atomic mass is 9.72. The minimum Gasteiger partial charge on any atom is -0.299 e. The summed E-state index contributed by atoms with van der Waals surface area (Å²) in [6.07, 6.45) is 2.99. The van der Waals surface area contributed by atoms with Crippen LogP contribution in [0, 0.1) is 11.3 Å². The van der Waals surface area contributed by atoms with Gasteiger partial charge < -0.3 is 0 Å². The van der Waals surface area contributed by atoms with E-state index in [0.717, 1.165) is 25.2 Å². The molecule has 0 heterocycles. The van der Waals surface area contributed by atoms with Gasteiger partial charge in [-0.15, -0.1) is 0 Å². The lowest BCUT2D eigenvalue weighted by Gasteiger charge is -2.35. The van der Waals surface area contributed by atoms with Crippen molar-refractivity contribution in [1.82, 2.24) is 0 Å². The number of ketones is 1. The van der Waals surface area contributed by atoms with Gasteiger partial charge in [0.1, 0.15) is 5.78 Å². The largest absolute Gasteiger partial charge is 0.299 e. The molecule has 0 bridgehead atoms. The Morgan fingerprint density at radius 2 is 2.00 bits per heavy atom. The molecule has 0 aliphatic heterocycles. The Labute approximate surface area is 88.4 Å². The Morgan fingerprint density at radius 1 is 1.42 bits per heavy atom. The molecular formula is C10H17IO. The van der Waals surface area contributed by atoms with E-state index in [1.165, 1.54) is 0 Å². The molecule has 1 aliphatic carbocycles. The number of hydrogen-bond donors (Lipinski definition) is 0. The number of carbonyl (C=O) groups is 1. The van der Waals surface area contributed by atoms with Crippen LogP contribution in [0.1, 0.15) is 40.0 Å². The molecule has 12 heavy (non-hydrogen) atoms. The zero-order valence-electron chi connectivity index (χ0n) is 8.06. The molecule has 1 saturated carbocycles. The van der Waals surface area contributed by atoms with E-state index in [-0.39, 0.29) is 3.92 Å². The van der Waals surface area contributed by atoms with E-state index in [0.29, 0.717) is 11.2 Å². The van der Waals surface area contributed by atoms with Crippen LogP contribution >= 0.6 is 22.6 Å². The number of carbonyl (C=O) groups excluding carboxylic acids is 1. The SMILES string of the molecule is CC(C)(C)[C@H]1CCC(=O)[C@H](I)C1. The van der Waals surface area contributed by atoms with Crippen LogP contribution in [-0.2, 0) is 4.79 Å². The van der Waals surface area contributed by atoms with Crippen LogP contribution in [0.2, 0.25) is 0 Å². The van der Waals surface area contributed by atoms with Crippen LogP contribution < -0.4 is 0 Å². The maximum absolute atomic E-state index is 11.3. The zero-order chi connectivity index (χ0) is 9.35. The molecule has 0 aromatic rings. The summed E-state index contributed by atoms with van der Waals surface area (Å²) >= 11 is 2.29. The Balaban J connectivity index is 2.57. The molecule has 0 radical (unpaired) electrons. The molecule has 0 aromatic heterocycles. The molecule has 1 nitrogen and oxygen atoms in total. The van der Waals surface area contributed by atoms with Gasteiger partial charge in [0.25, 0.3) is 0 Å². The van der Waals surface area contributed by atoms with E-state index >= 15 is 0 Å². The van der Waals surface area contributed by atoms with E-state index in [9.17, 15) is 4.79 Å². The van der Waals surface area contributed by atoms with Crippen LogP contribution in [0.25, 0.3) is 0 Å². The van der Waals surface area contributed by atoms with Crippen molar-refractivity contribution in [2.75, 3.05) is 0 Å². The van der Waals surface area contributed by atoms with Crippen molar-refractivity contribution in [1.29, 1.82) is 0 Å². The highest BCUT2D eigenvalue weighted by Crippen LogP contribution is 2.38. The molecule has 1 aliphatic rings. The molecule has 0 saturated heterocycles. The van der Waals surface area contributed by atoms with Crippen molar-refractivity contribution in [3.8, 4) is 0 Å². The lowest BCUT2D eigenvalue weighted by Crippen LogP contribution is -2.32. The Hall–Kier alpha value is 0.400. The van der Waals surface area contributed by atoms with Crippen LogP contribution in [0.15, 0.2) is 0 Å². The van der Waals surface area contributed by atoms with Gasteiger partial charge in [0.2, 0.25) is 0 Å². The number of halogens is 1. The molecule has 0 spiro atoms. The number of alkyl halides is 1. The fraction of sp³-hybridized carbons (Fsp3) is 0.900. The predicted octanol–water partition coefficient (Wildman–Crippen LogP) is 3.21. The van der Waals surface area contributed by atoms with Crippen LogP contribution in [0.3, 0.4) is 0 Å². The molecule has 2 atom stereocenters. The fourth-order valence-electron chi connectivity index (χ4n) is 1.76. The second kappa shape index (κ2) is 3.64. The summed E-state index contributed by atoms with van der Waals surface area (Å²) < 4.78 is 0.278. The monoisotopic (exact) mass is 280 g/mol. The first-order valence-corrected chi connectivity index (χ1v) is 5.82. The Kier molecular flexibility index (Phi) is 3.18. The van der Waals surface area contributed by atoms with Gasteiger partial charge in [0.15, 0.2) is 0 Å². The van der Waals surface area contributed by atoms with Crippen molar-refractivity contribution in [2.45, 2.75) is 44.0 Å². The van der Waals surface area contributed by atoms with E-state index in [1.54, 1.807) is 0 Å². The van der Waals surface area contributed by atoms with Gasteiger partial charge in [-0.1, -0.05) is 43.4 Å². The van der Waals surface area contributed by atoms with Crippen LogP contribution in [0.5, 0.6) is 0 Å². The Morgan fingerprint density at radius 3 is 2.42 bits per heavy atom. The normalized spacial score (nSPS) is 32.2. The maximum Gasteiger partial charge on any atom is 0.145 e. The molecule has 1 fully saturated rings. The van der Waals surface area contributed by atoms with Gasteiger partial charge in [-0.3, -0.25) is 4.79 Å². The third-order valence-corrected chi connectivity index (χ3v) is 4.01. The first-order valence-electron chi connectivity index (χ1n) is 4.58. The first kappa shape index (κ1) is 10.5. The van der Waals surface area contributed by atoms with Crippen molar-refractivity contribution < 1.29 is 4.79 Å². The summed E-state index contributed by atoms with van der Waals surface area (Å²) in [4.78, 5) is 11.3. The van der Waals surface area contributed by atoms with Gasteiger partial charge in [-0.2, -0.15) is 0 Å². The van der Waals surface area contributed by atoms with Crippen molar-refractivity contribution >= 4 is 28.4 Å². The van der Waals surface area contributed by atoms with Crippen molar-refractivity contribution in [3.05, 3.63) is 0 Å². The third-order valence-electron chi connectivity index (χ3n) is 2.80. The summed E-state index contributed by atoms with van der Waals surface area (Å²) in [6.45, 7) is 6.82. The molecule has 0 aromatic carbocycles. The van der Waals surface area contributed by atoms with Gasteiger partial charge in [-0.05, 0) is 24.2 Å². The summed E-state index contributed by atoms with van der Waals surface area (Å²) in [7, 11) is 0. The van der Waals surface area contributed by atoms with Gasteiger partial charge in [0.05, 0.1) is 3.92 Å².